The summed E-state index contributed by atoms with van der Waals surface area (Å²) < 4.78 is 0. The number of nitrogens with zero attached hydrogens (tertiary/aromatic N) is 2. The molecule has 0 radical (unpaired) electrons. The fourth-order valence-electron chi connectivity index (χ4n) is 3.66. The molecule has 0 bridgehead atoms. The minimum atomic E-state index is 0.0966. The molecule has 5 heteroatoms. The first-order valence-electron chi connectivity index (χ1n) is 8.68. The van der Waals surface area contributed by atoms with Crippen molar-refractivity contribution in [1.82, 2.24) is 15.1 Å². The molecule has 1 aromatic carbocycles. The lowest BCUT2D eigenvalue weighted by Gasteiger charge is -2.37. The SMILES string of the molecule is O=C(CN1CCN(C2CCCC2)CC1)NCc1cccc(Cl)c1. The van der Waals surface area contributed by atoms with E-state index in [0.29, 0.717) is 18.1 Å². The molecule has 126 valence electrons. The zero-order chi connectivity index (χ0) is 16.1. The van der Waals surface area contributed by atoms with Gasteiger partial charge in [-0.25, -0.2) is 0 Å². The Bertz CT molecular complexity index is 523. The zero-order valence-electron chi connectivity index (χ0n) is 13.6. The highest BCUT2D eigenvalue weighted by Gasteiger charge is 2.26. The van der Waals surface area contributed by atoms with Crippen LogP contribution in [0.25, 0.3) is 0 Å². The van der Waals surface area contributed by atoms with Gasteiger partial charge in [0.15, 0.2) is 0 Å². The monoisotopic (exact) mass is 335 g/mol. The molecule has 4 nitrogen and oxygen atoms in total. The Hall–Kier alpha value is -1.10. The van der Waals surface area contributed by atoms with Crippen molar-refractivity contribution in [3.63, 3.8) is 0 Å². The highest BCUT2D eigenvalue weighted by atomic mass is 35.5. The summed E-state index contributed by atoms with van der Waals surface area (Å²) in [6.07, 6.45) is 5.49. The molecule has 2 aliphatic rings. The van der Waals surface area contributed by atoms with Crippen LogP contribution in [-0.4, -0.2) is 54.5 Å². The van der Waals surface area contributed by atoms with Crippen molar-refractivity contribution in [2.24, 2.45) is 0 Å². The molecule has 1 heterocycles. The number of piperazine rings is 1. The van der Waals surface area contributed by atoms with Gasteiger partial charge >= 0.3 is 0 Å². The number of hydrogen-bond donors (Lipinski definition) is 1. The lowest BCUT2D eigenvalue weighted by molar-refractivity contribution is -0.122. The normalized spacial score (nSPS) is 20.7. The van der Waals surface area contributed by atoms with Crippen LogP contribution >= 0.6 is 11.6 Å². The number of rotatable bonds is 5. The Morgan fingerprint density at radius 2 is 1.91 bits per heavy atom. The average molecular weight is 336 g/mol. The second kappa shape index (κ2) is 8.13. The molecule has 1 N–H and O–H groups in total. The fourth-order valence-corrected chi connectivity index (χ4v) is 3.88. The van der Waals surface area contributed by atoms with Crippen LogP contribution < -0.4 is 5.32 Å². The molecule has 3 rings (SSSR count). The summed E-state index contributed by atoms with van der Waals surface area (Å²) in [6.45, 7) is 5.25. The van der Waals surface area contributed by atoms with Gasteiger partial charge in [-0.05, 0) is 30.5 Å². The molecule has 1 saturated carbocycles. The van der Waals surface area contributed by atoms with E-state index in [1.165, 1.54) is 25.7 Å². The molecule has 0 spiro atoms. The van der Waals surface area contributed by atoms with E-state index in [1.807, 2.05) is 24.3 Å². The van der Waals surface area contributed by atoms with Crippen LogP contribution in [0.3, 0.4) is 0 Å². The van der Waals surface area contributed by atoms with Gasteiger partial charge in [0.25, 0.3) is 0 Å². The first kappa shape index (κ1) is 16.7. The maximum Gasteiger partial charge on any atom is 0.234 e. The number of hydrogen-bond acceptors (Lipinski definition) is 3. The smallest absolute Gasteiger partial charge is 0.234 e. The van der Waals surface area contributed by atoms with E-state index in [9.17, 15) is 4.79 Å². The molecule has 2 fully saturated rings. The summed E-state index contributed by atoms with van der Waals surface area (Å²) in [7, 11) is 0. The van der Waals surface area contributed by atoms with Gasteiger partial charge in [0.05, 0.1) is 6.54 Å². The van der Waals surface area contributed by atoms with E-state index < -0.39 is 0 Å². The minimum absolute atomic E-state index is 0.0966. The van der Waals surface area contributed by atoms with E-state index in [-0.39, 0.29) is 5.91 Å². The van der Waals surface area contributed by atoms with Gasteiger partial charge in [-0.15, -0.1) is 0 Å². The predicted octanol–water partition coefficient (Wildman–Crippen LogP) is 2.52. The molecule has 1 aliphatic heterocycles. The molecular weight excluding hydrogens is 310 g/mol. The van der Waals surface area contributed by atoms with Crippen molar-refractivity contribution in [3.05, 3.63) is 34.9 Å². The standard InChI is InChI=1S/C18H26ClN3O/c19-16-5-3-4-15(12-16)13-20-18(23)14-21-8-10-22(11-9-21)17-6-1-2-7-17/h3-5,12,17H,1-2,6-11,13-14H2,(H,20,23). The lowest BCUT2D eigenvalue weighted by Crippen LogP contribution is -2.51. The van der Waals surface area contributed by atoms with E-state index in [0.717, 1.165) is 37.8 Å². The van der Waals surface area contributed by atoms with Gasteiger partial charge in [0, 0.05) is 43.8 Å². The summed E-state index contributed by atoms with van der Waals surface area (Å²) in [5.41, 5.74) is 1.04. The van der Waals surface area contributed by atoms with Gasteiger partial charge in [0.2, 0.25) is 5.91 Å². The summed E-state index contributed by atoms with van der Waals surface area (Å²) >= 11 is 5.96. The molecule has 1 saturated heterocycles. The van der Waals surface area contributed by atoms with Crippen LogP contribution in [0.5, 0.6) is 0 Å². The third-order valence-corrected chi connectivity index (χ3v) is 5.23. The minimum Gasteiger partial charge on any atom is -0.351 e. The third kappa shape index (κ3) is 4.93. The van der Waals surface area contributed by atoms with E-state index in [4.69, 9.17) is 11.6 Å². The van der Waals surface area contributed by atoms with Gasteiger partial charge in [-0.3, -0.25) is 14.6 Å². The van der Waals surface area contributed by atoms with Crippen LogP contribution in [0.2, 0.25) is 5.02 Å². The first-order chi connectivity index (χ1) is 11.2. The second-order valence-electron chi connectivity index (χ2n) is 6.66. The van der Waals surface area contributed by atoms with Crippen LogP contribution in [0, 0.1) is 0 Å². The Morgan fingerprint density at radius 1 is 1.17 bits per heavy atom. The highest BCUT2D eigenvalue weighted by molar-refractivity contribution is 6.30. The van der Waals surface area contributed by atoms with Gasteiger partial charge in [-0.2, -0.15) is 0 Å². The molecule has 0 atom stereocenters. The Kier molecular flexibility index (Phi) is 5.92. The summed E-state index contributed by atoms with van der Waals surface area (Å²) in [4.78, 5) is 17.0. The van der Waals surface area contributed by atoms with Crippen LogP contribution in [-0.2, 0) is 11.3 Å². The highest BCUT2D eigenvalue weighted by Crippen LogP contribution is 2.24. The number of nitrogens with one attached hydrogen (secondary N) is 1. The largest absolute Gasteiger partial charge is 0.351 e. The van der Waals surface area contributed by atoms with Gasteiger partial charge < -0.3 is 5.32 Å². The maximum absolute atomic E-state index is 12.1. The molecule has 0 unspecified atom stereocenters. The number of carbonyl (C=O) groups excluding carboxylic acids is 1. The summed E-state index contributed by atoms with van der Waals surface area (Å²) in [6, 6.07) is 8.42. The molecule has 1 aliphatic carbocycles. The maximum atomic E-state index is 12.1. The van der Waals surface area contributed by atoms with Crippen LogP contribution in [0.15, 0.2) is 24.3 Å². The zero-order valence-corrected chi connectivity index (χ0v) is 14.4. The summed E-state index contributed by atoms with van der Waals surface area (Å²) in [5, 5.41) is 3.70. The van der Waals surface area contributed by atoms with Crippen molar-refractivity contribution < 1.29 is 4.79 Å². The van der Waals surface area contributed by atoms with Crippen molar-refractivity contribution in [2.75, 3.05) is 32.7 Å². The van der Waals surface area contributed by atoms with Gasteiger partial charge in [0.1, 0.15) is 0 Å². The predicted molar refractivity (Wildman–Crippen MR) is 93.6 cm³/mol. The van der Waals surface area contributed by atoms with Gasteiger partial charge in [-0.1, -0.05) is 36.6 Å². The quantitative estimate of drug-likeness (QED) is 0.898. The number of benzene rings is 1. The molecule has 1 amide bonds. The average Bonchev–Trinajstić information content (AvgIpc) is 3.08. The van der Waals surface area contributed by atoms with E-state index in [1.54, 1.807) is 0 Å². The topological polar surface area (TPSA) is 35.6 Å². The van der Waals surface area contributed by atoms with Crippen molar-refractivity contribution in [2.45, 2.75) is 38.3 Å². The van der Waals surface area contributed by atoms with Crippen molar-refractivity contribution >= 4 is 17.5 Å². The van der Waals surface area contributed by atoms with Crippen molar-refractivity contribution in [3.8, 4) is 0 Å². The lowest BCUT2D eigenvalue weighted by atomic mass is 10.2. The first-order valence-corrected chi connectivity index (χ1v) is 9.06. The molecule has 23 heavy (non-hydrogen) atoms. The van der Waals surface area contributed by atoms with E-state index in [2.05, 4.69) is 15.1 Å². The second-order valence-corrected chi connectivity index (χ2v) is 7.09. The Labute approximate surface area is 143 Å². The molecule has 1 aromatic rings. The Morgan fingerprint density at radius 3 is 2.61 bits per heavy atom. The van der Waals surface area contributed by atoms with E-state index >= 15 is 0 Å². The Balaban J connectivity index is 1.37. The van der Waals surface area contributed by atoms with Crippen molar-refractivity contribution in [1.29, 1.82) is 0 Å². The number of carbonyl (C=O) groups is 1. The number of amides is 1. The third-order valence-electron chi connectivity index (χ3n) is 4.99. The van der Waals surface area contributed by atoms with Crippen LogP contribution in [0.1, 0.15) is 31.2 Å². The molecular formula is C18H26ClN3O. The van der Waals surface area contributed by atoms with Crippen LogP contribution in [0.4, 0.5) is 0 Å². The fraction of sp³-hybridized carbons (Fsp3) is 0.611. The summed E-state index contributed by atoms with van der Waals surface area (Å²) in [5.74, 6) is 0.0966. The molecule has 0 aromatic heterocycles. The number of halogens is 1.